The van der Waals surface area contributed by atoms with E-state index in [2.05, 4.69) is 15.4 Å². The van der Waals surface area contributed by atoms with Crippen molar-refractivity contribution in [2.75, 3.05) is 31.1 Å². The Bertz CT molecular complexity index is 628. The third kappa shape index (κ3) is 2.31. The van der Waals surface area contributed by atoms with E-state index in [1.165, 1.54) is 4.52 Å². The molecule has 0 amide bonds. The van der Waals surface area contributed by atoms with Crippen LogP contribution < -0.4 is 10.2 Å². The summed E-state index contributed by atoms with van der Waals surface area (Å²) in [6.07, 6.45) is -4.46. The maximum atomic E-state index is 12.8. The minimum absolute atomic E-state index is 0.228. The predicted molar refractivity (Wildman–Crippen MR) is 67.8 cm³/mol. The highest BCUT2D eigenvalue weighted by atomic mass is 19.4. The van der Waals surface area contributed by atoms with E-state index in [1.807, 2.05) is 4.90 Å². The second kappa shape index (κ2) is 4.62. The number of nitrogens with zero attached hydrogens (tertiary/aromatic N) is 4. The van der Waals surface area contributed by atoms with E-state index in [1.54, 1.807) is 13.0 Å². The van der Waals surface area contributed by atoms with E-state index in [0.29, 0.717) is 11.5 Å². The van der Waals surface area contributed by atoms with Crippen LogP contribution in [0.5, 0.6) is 0 Å². The van der Waals surface area contributed by atoms with E-state index < -0.39 is 11.9 Å². The molecule has 1 saturated heterocycles. The van der Waals surface area contributed by atoms with Crippen molar-refractivity contribution in [3.63, 3.8) is 0 Å². The Morgan fingerprint density at radius 1 is 1.20 bits per heavy atom. The van der Waals surface area contributed by atoms with Crippen LogP contribution in [0.1, 0.15) is 11.4 Å². The molecule has 2 aromatic heterocycles. The summed E-state index contributed by atoms with van der Waals surface area (Å²) in [5.41, 5.74) is -0.00232. The van der Waals surface area contributed by atoms with Gasteiger partial charge in [0.25, 0.3) is 0 Å². The van der Waals surface area contributed by atoms with Crippen molar-refractivity contribution >= 4 is 11.5 Å². The molecular formula is C12H14F3N5. The van der Waals surface area contributed by atoms with Crippen molar-refractivity contribution in [2.45, 2.75) is 13.1 Å². The Morgan fingerprint density at radius 2 is 1.90 bits per heavy atom. The van der Waals surface area contributed by atoms with E-state index in [9.17, 15) is 13.2 Å². The molecule has 0 aliphatic carbocycles. The van der Waals surface area contributed by atoms with Gasteiger partial charge in [0, 0.05) is 44.0 Å². The van der Waals surface area contributed by atoms with Crippen LogP contribution in [-0.4, -0.2) is 40.8 Å². The van der Waals surface area contributed by atoms with Crippen molar-refractivity contribution in [2.24, 2.45) is 0 Å². The van der Waals surface area contributed by atoms with E-state index >= 15 is 0 Å². The standard InChI is InChI=1S/C12H14F3N5/c1-8-6-11(19-4-2-16-3-5-19)20-10(17-8)7-9(18-20)12(13,14)15/h6-7,16H,2-5H2,1H3. The summed E-state index contributed by atoms with van der Waals surface area (Å²) in [6.45, 7) is 4.85. The summed E-state index contributed by atoms with van der Waals surface area (Å²) in [6, 6.07) is 2.75. The Labute approximate surface area is 113 Å². The normalized spacial score (nSPS) is 16.9. The molecule has 0 radical (unpaired) electrons. The number of aromatic nitrogens is 3. The lowest BCUT2D eigenvalue weighted by atomic mass is 10.3. The van der Waals surface area contributed by atoms with Gasteiger partial charge in [0.2, 0.25) is 0 Å². The number of aryl methyl sites for hydroxylation is 1. The average molecular weight is 285 g/mol. The molecule has 0 aromatic carbocycles. The number of rotatable bonds is 1. The molecule has 0 spiro atoms. The highest BCUT2D eigenvalue weighted by Gasteiger charge is 2.35. The maximum Gasteiger partial charge on any atom is 0.435 e. The summed E-state index contributed by atoms with van der Waals surface area (Å²) in [5.74, 6) is 0.657. The Hall–Kier alpha value is -1.83. The minimum Gasteiger partial charge on any atom is -0.354 e. The smallest absolute Gasteiger partial charge is 0.354 e. The van der Waals surface area contributed by atoms with E-state index in [0.717, 1.165) is 32.2 Å². The highest BCUT2D eigenvalue weighted by molar-refractivity contribution is 5.52. The summed E-state index contributed by atoms with van der Waals surface area (Å²) >= 11 is 0. The number of anilines is 1. The maximum absolute atomic E-state index is 12.8. The zero-order valence-corrected chi connectivity index (χ0v) is 10.9. The first-order chi connectivity index (χ1) is 9.45. The topological polar surface area (TPSA) is 45.5 Å². The van der Waals surface area contributed by atoms with Crippen LogP contribution in [0.25, 0.3) is 5.65 Å². The molecule has 1 aliphatic heterocycles. The number of alkyl halides is 3. The van der Waals surface area contributed by atoms with Gasteiger partial charge in [-0.25, -0.2) is 4.98 Å². The molecule has 3 heterocycles. The third-order valence-corrected chi connectivity index (χ3v) is 3.27. The van der Waals surface area contributed by atoms with Gasteiger partial charge < -0.3 is 10.2 Å². The van der Waals surface area contributed by atoms with E-state index in [-0.39, 0.29) is 5.65 Å². The van der Waals surface area contributed by atoms with Crippen molar-refractivity contribution < 1.29 is 13.2 Å². The van der Waals surface area contributed by atoms with Crippen LogP contribution in [-0.2, 0) is 6.18 Å². The van der Waals surface area contributed by atoms with Crippen LogP contribution in [0.4, 0.5) is 19.0 Å². The first-order valence-corrected chi connectivity index (χ1v) is 6.35. The molecule has 8 heteroatoms. The van der Waals surface area contributed by atoms with Gasteiger partial charge in [-0.3, -0.25) is 0 Å². The molecule has 108 valence electrons. The van der Waals surface area contributed by atoms with Gasteiger partial charge in [0.05, 0.1) is 0 Å². The van der Waals surface area contributed by atoms with Gasteiger partial charge >= 0.3 is 6.18 Å². The van der Waals surface area contributed by atoms with Gasteiger partial charge in [-0.2, -0.15) is 22.8 Å². The third-order valence-electron chi connectivity index (χ3n) is 3.27. The molecule has 0 saturated carbocycles. The van der Waals surface area contributed by atoms with Crippen molar-refractivity contribution in [1.82, 2.24) is 19.9 Å². The van der Waals surface area contributed by atoms with Crippen molar-refractivity contribution in [3.05, 3.63) is 23.5 Å². The first kappa shape index (κ1) is 13.2. The Morgan fingerprint density at radius 3 is 2.55 bits per heavy atom. The van der Waals surface area contributed by atoms with Crippen molar-refractivity contribution in [3.8, 4) is 0 Å². The second-order valence-corrected chi connectivity index (χ2v) is 4.79. The van der Waals surface area contributed by atoms with Gasteiger partial charge in [0.15, 0.2) is 11.3 Å². The zero-order chi connectivity index (χ0) is 14.3. The number of fused-ring (bicyclic) bond motifs is 1. The van der Waals surface area contributed by atoms with E-state index in [4.69, 9.17) is 0 Å². The van der Waals surface area contributed by atoms with Crippen LogP contribution in [0.2, 0.25) is 0 Å². The fraction of sp³-hybridized carbons (Fsp3) is 0.500. The van der Waals surface area contributed by atoms with Gasteiger partial charge in [-0.1, -0.05) is 0 Å². The SMILES string of the molecule is Cc1cc(N2CCNCC2)n2nc(C(F)(F)F)cc2n1. The molecule has 0 unspecified atom stereocenters. The lowest BCUT2D eigenvalue weighted by Crippen LogP contribution is -2.44. The molecule has 1 fully saturated rings. The van der Waals surface area contributed by atoms with Crippen LogP contribution in [0.3, 0.4) is 0 Å². The summed E-state index contributed by atoms with van der Waals surface area (Å²) in [7, 11) is 0. The minimum atomic E-state index is -4.46. The molecule has 0 atom stereocenters. The van der Waals surface area contributed by atoms with Gasteiger partial charge in [0.1, 0.15) is 5.82 Å². The largest absolute Gasteiger partial charge is 0.435 e. The fourth-order valence-electron chi connectivity index (χ4n) is 2.34. The number of halogens is 3. The van der Waals surface area contributed by atoms with Gasteiger partial charge in [-0.05, 0) is 6.92 Å². The highest BCUT2D eigenvalue weighted by Crippen LogP contribution is 2.30. The molecule has 1 N–H and O–H groups in total. The number of nitrogens with one attached hydrogen (secondary N) is 1. The van der Waals surface area contributed by atoms with Crippen molar-refractivity contribution in [1.29, 1.82) is 0 Å². The average Bonchev–Trinajstić information content (AvgIpc) is 2.82. The number of piperazine rings is 1. The molecule has 20 heavy (non-hydrogen) atoms. The Balaban J connectivity index is 2.12. The lowest BCUT2D eigenvalue weighted by molar-refractivity contribution is -0.141. The molecule has 1 aliphatic rings. The van der Waals surface area contributed by atoms with Crippen LogP contribution in [0.15, 0.2) is 12.1 Å². The first-order valence-electron chi connectivity index (χ1n) is 6.35. The molecule has 2 aromatic rings. The molecule has 5 nitrogen and oxygen atoms in total. The number of hydrogen-bond acceptors (Lipinski definition) is 4. The quantitative estimate of drug-likeness (QED) is 0.862. The summed E-state index contributed by atoms with van der Waals surface area (Å²) < 4.78 is 39.6. The number of hydrogen-bond donors (Lipinski definition) is 1. The lowest BCUT2D eigenvalue weighted by Gasteiger charge is -2.29. The fourth-order valence-corrected chi connectivity index (χ4v) is 2.34. The molecule has 0 bridgehead atoms. The Kier molecular flexibility index (Phi) is 3.04. The summed E-state index contributed by atoms with van der Waals surface area (Å²) in [5, 5.41) is 6.88. The monoisotopic (exact) mass is 285 g/mol. The second-order valence-electron chi connectivity index (χ2n) is 4.79. The molecule has 3 rings (SSSR count). The summed E-state index contributed by atoms with van der Waals surface area (Å²) in [4.78, 5) is 6.14. The predicted octanol–water partition coefficient (Wildman–Crippen LogP) is 1.47. The van der Waals surface area contributed by atoms with Crippen LogP contribution in [0, 0.1) is 6.92 Å². The van der Waals surface area contributed by atoms with Gasteiger partial charge in [-0.15, -0.1) is 0 Å². The van der Waals surface area contributed by atoms with Crippen LogP contribution >= 0.6 is 0 Å². The zero-order valence-electron chi connectivity index (χ0n) is 10.9. The molecular weight excluding hydrogens is 271 g/mol.